The maximum atomic E-state index is 13.2. The molecular formula is C12H9B2ClF2O4. The summed E-state index contributed by atoms with van der Waals surface area (Å²) in [5, 5.41) is 28.3. The van der Waals surface area contributed by atoms with E-state index in [9.17, 15) is 13.8 Å². The van der Waals surface area contributed by atoms with Crippen LogP contribution in [0.1, 0.15) is 0 Å². The van der Waals surface area contributed by atoms with Crippen molar-refractivity contribution < 1.29 is 28.5 Å². The third-order valence-electron chi connectivity index (χ3n) is 2.71. The molecule has 0 spiro atoms. The molecule has 3 N–H and O–H groups in total. The maximum Gasteiger partial charge on any atom is 0.561 e. The number of hydrogen-bond donors (Lipinski definition) is 3. The lowest BCUT2D eigenvalue weighted by Gasteiger charge is -2.15. The average molecular weight is 312 g/mol. The zero-order valence-corrected chi connectivity index (χ0v) is 11.3. The normalized spacial score (nSPS) is 10.4. The molecule has 9 heteroatoms. The van der Waals surface area contributed by atoms with Crippen LogP contribution in [0.15, 0.2) is 36.4 Å². The summed E-state index contributed by atoms with van der Waals surface area (Å²) < 4.78 is 31.3. The fraction of sp³-hybridized carbons (Fsp3) is 0. The van der Waals surface area contributed by atoms with Crippen molar-refractivity contribution in [2.75, 3.05) is 0 Å². The van der Waals surface area contributed by atoms with Gasteiger partial charge in [-0.15, -0.1) is 0 Å². The molecule has 0 aliphatic rings. The maximum absolute atomic E-state index is 13.2. The molecule has 0 fully saturated rings. The van der Waals surface area contributed by atoms with Gasteiger partial charge in [0.25, 0.3) is 0 Å². The first kappa shape index (κ1) is 15.8. The fourth-order valence-electron chi connectivity index (χ4n) is 1.72. The van der Waals surface area contributed by atoms with E-state index >= 15 is 0 Å². The predicted molar refractivity (Wildman–Crippen MR) is 75.9 cm³/mol. The minimum Gasteiger partial charge on any atom is -0.533 e. The van der Waals surface area contributed by atoms with E-state index in [1.54, 1.807) is 0 Å². The molecule has 2 rings (SSSR count). The van der Waals surface area contributed by atoms with Gasteiger partial charge in [-0.05, 0) is 36.4 Å². The van der Waals surface area contributed by atoms with E-state index in [1.807, 2.05) is 0 Å². The highest BCUT2D eigenvalue weighted by molar-refractivity contribution is 6.65. The van der Waals surface area contributed by atoms with E-state index in [2.05, 4.69) is 0 Å². The van der Waals surface area contributed by atoms with E-state index < -0.39 is 25.9 Å². The molecule has 0 unspecified atom stereocenters. The minimum atomic E-state index is -1.99. The van der Waals surface area contributed by atoms with Gasteiger partial charge in [0.1, 0.15) is 17.4 Å². The molecule has 2 aromatic carbocycles. The van der Waals surface area contributed by atoms with Gasteiger partial charge in [0.15, 0.2) is 0 Å². The van der Waals surface area contributed by atoms with Crippen molar-refractivity contribution in [1.29, 1.82) is 0 Å². The lowest BCUT2D eigenvalue weighted by molar-refractivity contribution is 0.415. The van der Waals surface area contributed by atoms with E-state index in [-0.39, 0.29) is 21.7 Å². The number of benzene rings is 2. The van der Waals surface area contributed by atoms with E-state index in [1.165, 1.54) is 6.07 Å². The molecule has 108 valence electrons. The molecule has 0 bridgehead atoms. The van der Waals surface area contributed by atoms with Gasteiger partial charge in [-0.1, -0.05) is 11.6 Å². The molecule has 21 heavy (non-hydrogen) atoms. The van der Waals surface area contributed by atoms with Crippen molar-refractivity contribution in [3.63, 3.8) is 0 Å². The second-order valence-electron chi connectivity index (χ2n) is 4.19. The number of hydrogen-bond acceptors (Lipinski definition) is 4. The van der Waals surface area contributed by atoms with Crippen LogP contribution in [0.4, 0.5) is 8.78 Å². The van der Waals surface area contributed by atoms with Gasteiger partial charge < -0.3 is 19.7 Å². The standard InChI is InChI=1S/C12H9B2ClF2O4/c15-11-3-1-7(16)5-9(11)14(20)21-12-4-2-8(17)6-10(12)13(18)19/h1-6,18-20H. The Labute approximate surface area is 124 Å². The van der Waals surface area contributed by atoms with Crippen LogP contribution in [-0.2, 0) is 0 Å². The SMILES string of the molecule is OB(Oc1ccc(F)cc1B(O)O)c1cc(F)ccc1Cl. The lowest BCUT2D eigenvalue weighted by atomic mass is 9.76. The van der Waals surface area contributed by atoms with E-state index in [4.69, 9.17) is 26.3 Å². The highest BCUT2D eigenvalue weighted by Gasteiger charge is 2.26. The fourth-order valence-corrected chi connectivity index (χ4v) is 1.93. The van der Waals surface area contributed by atoms with Crippen LogP contribution in [0.2, 0.25) is 5.02 Å². The van der Waals surface area contributed by atoms with Crippen molar-refractivity contribution in [2.45, 2.75) is 0 Å². The summed E-state index contributed by atoms with van der Waals surface area (Å²) in [6.45, 7) is 0. The molecule has 2 aromatic rings. The molecule has 0 aromatic heterocycles. The Balaban J connectivity index is 2.31. The molecule has 0 atom stereocenters. The summed E-state index contributed by atoms with van der Waals surface area (Å²) in [7, 11) is -3.65. The van der Waals surface area contributed by atoms with E-state index in [0.717, 1.165) is 30.3 Å². The minimum absolute atomic E-state index is 0.0422. The quantitative estimate of drug-likeness (QED) is 0.699. The molecular weight excluding hydrogens is 303 g/mol. The Bertz CT molecular complexity index is 657. The van der Waals surface area contributed by atoms with Gasteiger partial charge in [-0.25, -0.2) is 8.78 Å². The third kappa shape index (κ3) is 3.74. The van der Waals surface area contributed by atoms with Gasteiger partial charge >= 0.3 is 14.2 Å². The molecule has 0 aliphatic carbocycles. The summed E-state index contributed by atoms with van der Waals surface area (Å²) in [6.07, 6.45) is 0. The summed E-state index contributed by atoms with van der Waals surface area (Å²) in [4.78, 5) is 0. The van der Waals surface area contributed by atoms with E-state index in [0.29, 0.717) is 0 Å². The Kier molecular flexibility index (Phi) is 4.84. The van der Waals surface area contributed by atoms with Gasteiger partial charge in [0.2, 0.25) is 0 Å². The second-order valence-corrected chi connectivity index (χ2v) is 4.60. The molecule has 0 saturated heterocycles. The molecule has 0 saturated carbocycles. The Morgan fingerprint density at radius 2 is 1.48 bits per heavy atom. The second kappa shape index (κ2) is 6.44. The Morgan fingerprint density at radius 1 is 0.905 bits per heavy atom. The smallest absolute Gasteiger partial charge is 0.533 e. The molecule has 0 radical (unpaired) electrons. The van der Waals surface area contributed by atoms with Crippen LogP contribution in [0.3, 0.4) is 0 Å². The summed E-state index contributed by atoms with van der Waals surface area (Å²) in [5.74, 6) is -1.50. The molecule has 4 nitrogen and oxygen atoms in total. The summed E-state index contributed by atoms with van der Waals surface area (Å²) >= 11 is 5.82. The highest BCUT2D eigenvalue weighted by Crippen LogP contribution is 2.13. The number of halogens is 3. The zero-order chi connectivity index (χ0) is 15.6. The lowest BCUT2D eigenvalue weighted by Crippen LogP contribution is -2.41. The van der Waals surface area contributed by atoms with Crippen LogP contribution >= 0.6 is 11.6 Å². The van der Waals surface area contributed by atoms with Gasteiger partial charge in [0, 0.05) is 15.9 Å². The third-order valence-corrected chi connectivity index (χ3v) is 3.06. The van der Waals surface area contributed by atoms with Gasteiger partial charge in [-0.2, -0.15) is 0 Å². The first-order chi connectivity index (χ1) is 9.88. The van der Waals surface area contributed by atoms with Crippen molar-refractivity contribution in [3.8, 4) is 5.75 Å². The Morgan fingerprint density at radius 3 is 2.10 bits per heavy atom. The zero-order valence-electron chi connectivity index (χ0n) is 10.5. The first-order valence-corrected chi connectivity index (χ1v) is 6.21. The molecule has 0 amide bonds. The summed E-state index contributed by atoms with van der Waals surface area (Å²) in [6, 6.07) is 6.30. The van der Waals surface area contributed by atoms with Crippen molar-refractivity contribution >= 4 is 36.8 Å². The molecule has 0 heterocycles. The largest absolute Gasteiger partial charge is 0.561 e. The van der Waals surface area contributed by atoms with Crippen LogP contribution in [-0.4, -0.2) is 29.3 Å². The van der Waals surface area contributed by atoms with Gasteiger partial charge in [-0.3, -0.25) is 0 Å². The first-order valence-electron chi connectivity index (χ1n) is 5.83. The summed E-state index contributed by atoms with van der Waals surface area (Å²) in [5.41, 5.74) is -0.319. The topological polar surface area (TPSA) is 69.9 Å². The average Bonchev–Trinajstić information content (AvgIpc) is 2.43. The predicted octanol–water partition coefficient (Wildman–Crippen LogP) is 0.0645. The van der Waals surface area contributed by atoms with Crippen molar-refractivity contribution in [2.24, 2.45) is 0 Å². The van der Waals surface area contributed by atoms with Gasteiger partial charge in [0.05, 0.1) is 0 Å². The van der Waals surface area contributed by atoms with Crippen LogP contribution in [0, 0.1) is 11.6 Å². The van der Waals surface area contributed by atoms with Crippen molar-refractivity contribution in [3.05, 3.63) is 53.1 Å². The van der Waals surface area contributed by atoms with Crippen LogP contribution in [0.25, 0.3) is 0 Å². The van der Waals surface area contributed by atoms with Crippen LogP contribution < -0.4 is 15.6 Å². The van der Waals surface area contributed by atoms with Crippen molar-refractivity contribution in [1.82, 2.24) is 0 Å². The monoisotopic (exact) mass is 312 g/mol. The molecule has 0 aliphatic heterocycles. The highest BCUT2D eigenvalue weighted by atomic mass is 35.5. The van der Waals surface area contributed by atoms with Crippen LogP contribution in [0.5, 0.6) is 5.75 Å². The number of rotatable bonds is 4. The Hall–Kier alpha value is -1.60.